The maximum absolute atomic E-state index is 13.1. The van der Waals surface area contributed by atoms with Gasteiger partial charge in [-0.15, -0.1) is 0 Å². The van der Waals surface area contributed by atoms with Gasteiger partial charge in [-0.25, -0.2) is 0 Å². The van der Waals surface area contributed by atoms with Gasteiger partial charge in [-0.3, -0.25) is 9.59 Å². The van der Waals surface area contributed by atoms with Crippen LogP contribution in [-0.2, 0) is 11.3 Å². The monoisotopic (exact) mass is 426 g/mol. The first-order valence-electron chi connectivity index (χ1n) is 10.4. The second-order valence-electron chi connectivity index (χ2n) is 7.97. The molecule has 0 saturated carbocycles. The number of amides is 2. The van der Waals surface area contributed by atoms with Crippen LogP contribution in [0.5, 0.6) is 0 Å². The van der Waals surface area contributed by atoms with Gasteiger partial charge in [0.15, 0.2) is 0 Å². The molecule has 1 heterocycles. The Bertz CT molecular complexity index is 1200. The van der Waals surface area contributed by atoms with Crippen molar-refractivity contribution in [2.24, 2.45) is 0 Å². The predicted octanol–water partition coefficient (Wildman–Crippen LogP) is 4.04. The summed E-state index contributed by atoms with van der Waals surface area (Å²) in [4.78, 5) is 27.4. The lowest BCUT2D eigenvalue weighted by molar-refractivity contribution is -0.110. The van der Waals surface area contributed by atoms with Crippen molar-refractivity contribution in [3.63, 3.8) is 0 Å². The number of hydrogen-bond donors (Lipinski definition) is 3. The van der Waals surface area contributed by atoms with Gasteiger partial charge in [-0.05, 0) is 55.6 Å². The van der Waals surface area contributed by atoms with Crippen LogP contribution in [0, 0.1) is 0 Å². The number of benzene rings is 3. The summed E-state index contributed by atoms with van der Waals surface area (Å²) in [6, 6.07) is 23.1. The van der Waals surface area contributed by atoms with Gasteiger partial charge in [0.1, 0.15) is 0 Å². The van der Waals surface area contributed by atoms with Crippen LogP contribution in [-0.4, -0.2) is 37.9 Å². The van der Waals surface area contributed by atoms with Crippen LogP contribution < -0.4 is 16.0 Å². The van der Waals surface area contributed by atoms with Gasteiger partial charge in [-0.1, -0.05) is 42.5 Å². The van der Waals surface area contributed by atoms with Crippen LogP contribution >= 0.6 is 0 Å². The lowest BCUT2D eigenvalue weighted by Gasteiger charge is -2.16. The third-order valence-electron chi connectivity index (χ3n) is 5.26. The number of carbonyl (C=O) groups is 2. The SMILES string of the molecule is CNC(=O)c1ccc2c(c1)/C(=C(/Nc1cccc(CN(C)C)c1)c1ccccc1)C(=O)N2. The Labute approximate surface area is 188 Å². The fourth-order valence-corrected chi connectivity index (χ4v) is 3.84. The summed E-state index contributed by atoms with van der Waals surface area (Å²) in [7, 11) is 5.65. The quantitative estimate of drug-likeness (QED) is 0.520. The van der Waals surface area contributed by atoms with Gasteiger partial charge in [-0.2, -0.15) is 0 Å². The molecule has 0 aromatic heterocycles. The Morgan fingerprint density at radius 2 is 1.72 bits per heavy atom. The Morgan fingerprint density at radius 3 is 2.44 bits per heavy atom. The summed E-state index contributed by atoms with van der Waals surface area (Å²) in [5, 5.41) is 9.06. The van der Waals surface area contributed by atoms with Gasteiger partial charge in [0.25, 0.3) is 11.8 Å². The molecular weight excluding hydrogens is 400 g/mol. The molecule has 0 bridgehead atoms. The van der Waals surface area contributed by atoms with E-state index in [-0.39, 0.29) is 11.8 Å². The highest BCUT2D eigenvalue weighted by Gasteiger charge is 2.29. The average molecular weight is 427 g/mol. The van der Waals surface area contributed by atoms with Gasteiger partial charge in [0.05, 0.1) is 11.3 Å². The number of rotatable bonds is 6. The lowest BCUT2D eigenvalue weighted by Crippen LogP contribution is -2.17. The summed E-state index contributed by atoms with van der Waals surface area (Å²) >= 11 is 0. The molecule has 0 radical (unpaired) electrons. The largest absolute Gasteiger partial charge is 0.355 e. The predicted molar refractivity (Wildman–Crippen MR) is 129 cm³/mol. The van der Waals surface area contributed by atoms with Gasteiger partial charge in [0, 0.05) is 36.1 Å². The number of nitrogens with zero attached hydrogens (tertiary/aromatic N) is 1. The van der Waals surface area contributed by atoms with Crippen molar-refractivity contribution in [3.8, 4) is 0 Å². The Hall–Kier alpha value is -3.90. The van der Waals surface area contributed by atoms with E-state index in [1.165, 1.54) is 0 Å². The molecule has 0 unspecified atom stereocenters. The normalized spacial score (nSPS) is 14.1. The molecule has 1 aliphatic heterocycles. The van der Waals surface area contributed by atoms with Crippen molar-refractivity contribution in [1.82, 2.24) is 10.2 Å². The summed E-state index contributed by atoms with van der Waals surface area (Å²) in [5.41, 5.74) is 6.03. The van der Waals surface area contributed by atoms with Crippen molar-refractivity contribution >= 4 is 34.5 Å². The zero-order valence-electron chi connectivity index (χ0n) is 18.4. The third-order valence-corrected chi connectivity index (χ3v) is 5.26. The Kier molecular flexibility index (Phi) is 6.05. The van der Waals surface area contributed by atoms with Crippen molar-refractivity contribution in [3.05, 3.63) is 95.1 Å². The minimum atomic E-state index is -0.204. The van der Waals surface area contributed by atoms with Gasteiger partial charge < -0.3 is 20.9 Å². The molecular formula is C26H26N4O2. The van der Waals surface area contributed by atoms with E-state index in [0.29, 0.717) is 28.1 Å². The number of nitrogens with one attached hydrogen (secondary N) is 3. The lowest BCUT2D eigenvalue weighted by atomic mass is 9.98. The fourth-order valence-electron chi connectivity index (χ4n) is 3.84. The number of carbonyl (C=O) groups excluding carboxylic acids is 2. The standard InChI is InChI=1S/C26H26N4O2/c1-27-25(31)19-12-13-22-21(15-19)23(26(32)29-22)24(18-9-5-4-6-10-18)28-20-11-7-8-17(14-20)16-30(2)3/h4-15,28H,16H2,1-3H3,(H,27,31)(H,29,32)/b24-23-. The second kappa shape index (κ2) is 9.08. The number of hydrogen-bond acceptors (Lipinski definition) is 4. The van der Waals surface area contributed by atoms with E-state index >= 15 is 0 Å². The summed E-state index contributed by atoms with van der Waals surface area (Å²) in [6.07, 6.45) is 0. The molecule has 6 heteroatoms. The molecule has 162 valence electrons. The fraction of sp³-hybridized carbons (Fsp3) is 0.154. The van der Waals surface area contributed by atoms with Crippen molar-refractivity contribution in [1.29, 1.82) is 0 Å². The molecule has 6 nitrogen and oxygen atoms in total. The highest BCUT2D eigenvalue weighted by atomic mass is 16.2. The molecule has 0 aliphatic carbocycles. The minimum Gasteiger partial charge on any atom is -0.355 e. The smallest absolute Gasteiger partial charge is 0.258 e. The molecule has 0 spiro atoms. The van der Waals surface area contributed by atoms with E-state index in [0.717, 1.165) is 23.4 Å². The van der Waals surface area contributed by atoms with E-state index in [9.17, 15) is 9.59 Å². The van der Waals surface area contributed by atoms with Crippen molar-refractivity contribution in [2.75, 3.05) is 31.8 Å². The topological polar surface area (TPSA) is 73.5 Å². The Morgan fingerprint density at radius 1 is 0.938 bits per heavy atom. The molecule has 32 heavy (non-hydrogen) atoms. The molecule has 0 saturated heterocycles. The van der Waals surface area contributed by atoms with E-state index in [1.54, 1.807) is 25.2 Å². The molecule has 4 rings (SSSR count). The molecule has 3 N–H and O–H groups in total. The average Bonchev–Trinajstić information content (AvgIpc) is 3.12. The Balaban J connectivity index is 1.85. The van der Waals surface area contributed by atoms with E-state index < -0.39 is 0 Å². The van der Waals surface area contributed by atoms with Gasteiger partial charge in [0.2, 0.25) is 0 Å². The van der Waals surface area contributed by atoms with Gasteiger partial charge >= 0.3 is 0 Å². The highest BCUT2D eigenvalue weighted by Crippen LogP contribution is 2.38. The molecule has 3 aromatic carbocycles. The van der Waals surface area contributed by atoms with Crippen LogP contribution in [0.25, 0.3) is 11.3 Å². The van der Waals surface area contributed by atoms with Crippen LogP contribution in [0.4, 0.5) is 11.4 Å². The first kappa shape index (κ1) is 21.3. The van der Waals surface area contributed by atoms with E-state index in [1.807, 2.05) is 56.6 Å². The van der Waals surface area contributed by atoms with Crippen molar-refractivity contribution in [2.45, 2.75) is 6.54 Å². The molecule has 0 atom stereocenters. The molecule has 3 aromatic rings. The summed E-state index contributed by atoms with van der Waals surface area (Å²) in [5.74, 6) is -0.401. The van der Waals surface area contributed by atoms with Crippen LogP contribution in [0.1, 0.15) is 27.0 Å². The maximum atomic E-state index is 13.1. The summed E-state index contributed by atoms with van der Waals surface area (Å²) in [6.45, 7) is 0.811. The molecule has 1 aliphatic rings. The first-order valence-corrected chi connectivity index (χ1v) is 10.4. The minimum absolute atomic E-state index is 0.197. The number of fused-ring (bicyclic) bond motifs is 1. The van der Waals surface area contributed by atoms with Crippen LogP contribution in [0.3, 0.4) is 0 Å². The maximum Gasteiger partial charge on any atom is 0.258 e. The number of anilines is 2. The molecule has 0 fully saturated rings. The molecule has 2 amide bonds. The zero-order chi connectivity index (χ0) is 22.7. The van der Waals surface area contributed by atoms with Crippen LogP contribution in [0.2, 0.25) is 0 Å². The van der Waals surface area contributed by atoms with Crippen LogP contribution in [0.15, 0.2) is 72.8 Å². The second-order valence-corrected chi connectivity index (χ2v) is 7.97. The zero-order valence-corrected chi connectivity index (χ0v) is 18.4. The first-order chi connectivity index (χ1) is 15.5. The van der Waals surface area contributed by atoms with Crippen molar-refractivity contribution < 1.29 is 9.59 Å². The van der Waals surface area contributed by atoms with E-state index in [4.69, 9.17) is 0 Å². The van der Waals surface area contributed by atoms with E-state index in [2.05, 4.69) is 33.0 Å². The third kappa shape index (κ3) is 4.40. The highest BCUT2D eigenvalue weighted by molar-refractivity contribution is 6.37. The summed E-state index contributed by atoms with van der Waals surface area (Å²) < 4.78 is 0.